The van der Waals surface area contributed by atoms with E-state index in [2.05, 4.69) is 41.5 Å². The first-order valence-corrected chi connectivity index (χ1v) is 8.91. The molecular formula is C20H23N3O2. The minimum absolute atomic E-state index is 0.00900. The van der Waals surface area contributed by atoms with Crippen molar-refractivity contribution in [1.29, 1.82) is 0 Å². The van der Waals surface area contributed by atoms with E-state index in [0.29, 0.717) is 18.8 Å². The summed E-state index contributed by atoms with van der Waals surface area (Å²) in [6, 6.07) is 12.0. The number of hydrogen-bond acceptors (Lipinski definition) is 2. The molecule has 1 aromatic carbocycles. The number of H-pyrrole nitrogens is 1. The molecule has 1 aliphatic carbocycles. The lowest BCUT2D eigenvalue weighted by molar-refractivity contribution is -0.123. The van der Waals surface area contributed by atoms with Crippen LogP contribution in [-0.4, -0.2) is 40.8 Å². The summed E-state index contributed by atoms with van der Waals surface area (Å²) >= 11 is 0. The molecule has 25 heavy (non-hydrogen) atoms. The third-order valence-electron chi connectivity index (χ3n) is 5.22. The molecule has 2 N–H and O–H groups in total. The van der Waals surface area contributed by atoms with E-state index in [1.165, 1.54) is 11.1 Å². The summed E-state index contributed by atoms with van der Waals surface area (Å²) in [5.41, 5.74) is 2.98. The van der Waals surface area contributed by atoms with Crippen LogP contribution in [0.2, 0.25) is 0 Å². The Morgan fingerprint density at radius 3 is 2.52 bits per heavy atom. The fraction of sp³-hybridized carbons (Fsp3) is 0.400. The topological polar surface area (TPSA) is 65.2 Å². The molecule has 2 heterocycles. The zero-order valence-corrected chi connectivity index (χ0v) is 14.4. The van der Waals surface area contributed by atoms with Crippen LogP contribution in [0.1, 0.15) is 40.4 Å². The first-order valence-electron chi connectivity index (χ1n) is 8.91. The zero-order chi connectivity index (χ0) is 17.4. The molecule has 2 fully saturated rings. The number of amides is 2. The van der Waals surface area contributed by atoms with E-state index in [1.54, 1.807) is 12.3 Å². The van der Waals surface area contributed by atoms with E-state index < -0.39 is 0 Å². The molecule has 0 bridgehead atoms. The van der Waals surface area contributed by atoms with Gasteiger partial charge in [-0.05, 0) is 37.5 Å². The normalized spacial score (nSPS) is 22.8. The molecule has 0 spiro atoms. The summed E-state index contributed by atoms with van der Waals surface area (Å²) in [4.78, 5) is 29.8. The predicted octanol–water partition coefficient (Wildman–Crippen LogP) is 2.46. The van der Waals surface area contributed by atoms with Crippen LogP contribution in [0.4, 0.5) is 0 Å². The van der Waals surface area contributed by atoms with Gasteiger partial charge in [-0.3, -0.25) is 9.59 Å². The smallest absolute Gasteiger partial charge is 0.270 e. The van der Waals surface area contributed by atoms with E-state index in [0.717, 1.165) is 12.8 Å². The van der Waals surface area contributed by atoms with E-state index >= 15 is 0 Å². The van der Waals surface area contributed by atoms with Gasteiger partial charge in [-0.1, -0.05) is 29.8 Å². The maximum atomic E-state index is 12.7. The first-order chi connectivity index (χ1) is 12.1. The van der Waals surface area contributed by atoms with Crippen LogP contribution in [0.15, 0.2) is 42.6 Å². The van der Waals surface area contributed by atoms with E-state index in [4.69, 9.17) is 0 Å². The Kier molecular flexibility index (Phi) is 4.07. The van der Waals surface area contributed by atoms with Crippen LogP contribution in [-0.2, 0) is 4.79 Å². The molecule has 1 saturated carbocycles. The minimum Gasteiger partial charge on any atom is -0.357 e. The van der Waals surface area contributed by atoms with Crippen LogP contribution in [0.3, 0.4) is 0 Å². The van der Waals surface area contributed by atoms with E-state index in [1.807, 2.05) is 11.0 Å². The molecule has 4 rings (SSSR count). The Morgan fingerprint density at radius 1 is 1.12 bits per heavy atom. The molecule has 5 heteroatoms. The quantitative estimate of drug-likeness (QED) is 0.900. The SMILES string of the molecule is Cc1ccc(C2CN(C(=O)c3ccc[nH]3)CC2NC(=O)C2CC2)cc1. The van der Waals surface area contributed by atoms with Crippen molar-refractivity contribution >= 4 is 11.8 Å². The molecule has 0 radical (unpaired) electrons. The highest BCUT2D eigenvalue weighted by Gasteiger charge is 2.40. The molecule has 2 unspecified atom stereocenters. The molecule has 1 aromatic heterocycles. The Hall–Kier alpha value is -2.56. The number of aryl methyl sites for hydroxylation is 1. The highest BCUT2D eigenvalue weighted by molar-refractivity contribution is 5.93. The van der Waals surface area contributed by atoms with Crippen LogP contribution in [0.25, 0.3) is 0 Å². The minimum atomic E-state index is -0.0327. The van der Waals surface area contributed by atoms with Gasteiger partial charge in [-0.15, -0.1) is 0 Å². The van der Waals surface area contributed by atoms with Gasteiger partial charge in [0.05, 0.1) is 6.04 Å². The van der Waals surface area contributed by atoms with Crippen molar-refractivity contribution in [3.05, 3.63) is 59.4 Å². The Morgan fingerprint density at radius 2 is 1.88 bits per heavy atom. The lowest BCUT2D eigenvalue weighted by atomic mass is 9.93. The lowest BCUT2D eigenvalue weighted by Gasteiger charge is -2.20. The lowest BCUT2D eigenvalue weighted by Crippen LogP contribution is -2.41. The van der Waals surface area contributed by atoms with Crippen LogP contribution < -0.4 is 5.32 Å². The third kappa shape index (κ3) is 3.31. The van der Waals surface area contributed by atoms with Gasteiger partial charge in [0.25, 0.3) is 5.91 Å². The van der Waals surface area contributed by atoms with Gasteiger partial charge in [0, 0.05) is 31.1 Å². The highest BCUT2D eigenvalue weighted by Crippen LogP contribution is 2.32. The number of carbonyl (C=O) groups is 2. The predicted molar refractivity (Wildman–Crippen MR) is 95.3 cm³/mol. The van der Waals surface area contributed by atoms with Crippen molar-refractivity contribution in [2.75, 3.05) is 13.1 Å². The van der Waals surface area contributed by atoms with Crippen LogP contribution in [0, 0.1) is 12.8 Å². The van der Waals surface area contributed by atoms with Gasteiger partial charge in [-0.25, -0.2) is 0 Å². The molecule has 5 nitrogen and oxygen atoms in total. The Balaban J connectivity index is 1.55. The second kappa shape index (κ2) is 6.39. The summed E-state index contributed by atoms with van der Waals surface area (Å²) < 4.78 is 0. The summed E-state index contributed by atoms with van der Waals surface area (Å²) in [6.07, 6.45) is 3.73. The average molecular weight is 337 g/mol. The molecule has 2 aromatic rings. The van der Waals surface area contributed by atoms with Crippen molar-refractivity contribution in [1.82, 2.24) is 15.2 Å². The van der Waals surface area contributed by atoms with Crippen molar-refractivity contribution in [2.45, 2.75) is 31.7 Å². The number of rotatable bonds is 4. The van der Waals surface area contributed by atoms with Crippen molar-refractivity contribution in [3.8, 4) is 0 Å². The summed E-state index contributed by atoms with van der Waals surface area (Å²) in [6.45, 7) is 3.23. The largest absolute Gasteiger partial charge is 0.357 e. The molecule has 2 atom stereocenters. The van der Waals surface area contributed by atoms with Crippen LogP contribution in [0.5, 0.6) is 0 Å². The van der Waals surface area contributed by atoms with Gasteiger partial charge < -0.3 is 15.2 Å². The Labute approximate surface area is 147 Å². The van der Waals surface area contributed by atoms with Gasteiger partial charge in [0.1, 0.15) is 5.69 Å². The number of benzene rings is 1. The van der Waals surface area contributed by atoms with Gasteiger partial charge in [0.2, 0.25) is 5.91 Å². The molecule has 2 amide bonds. The van der Waals surface area contributed by atoms with Gasteiger partial charge >= 0.3 is 0 Å². The first kappa shape index (κ1) is 15.9. The molecule has 130 valence electrons. The number of carbonyl (C=O) groups excluding carboxylic acids is 2. The number of nitrogens with one attached hydrogen (secondary N) is 2. The summed E-state index contributed by atoms with van der Waals surface area (Å²) in [7, 11) is 0. The van der Waals surface area contributed by atoms with E-state index in [-0.39, 0.29) is 29.7 Å². The molecular weight excluding hydrogens is 314 g/mol. The fourth-order valence-corrected chi connectivity index (χ4v) is 3.55. The summed E-state index contributed by atoms with van der Waals surface area (Å²) in [5.74, 6) is 0.426. The van der Waals surface area contributed by atoms with Crippen LogP contribution >= 0.6 is 0 Å². The van der Waals surface area contributed by atoms with E-state index in [9.17, 15) is 9.59 Å². The number of hydrogen-bond donors (Lipinski definition) is 2. The second-order valence-corrected chi connectivity index (χ2v) is 7.20. The van der Waals surface area contributed by atoms with Gasteiger partial charge in [-0.2, -0.15) is 0 Å². The molecule has 1 aliphatic heterocycles. The zero-order valence-electron chi connectivity index (χ0n) is 14.4. The van der Waals surface area contributed by atoms with Crippen molar-refractivity contribution < 1.29 is 9.59 Å². The highest BCUT2D eigenvalue weighted by atomic mass is 16.2. The number of aromatic amines is 1. The Bertz CT molecular complexity index is 763. The van der Waals surface area contributed by atoms with Crippen molar-refractivity contribution in [3.63, 3.8) is 0 Å². The maximum Gasteiger partial charge on any atom is 0.270 e. The summed E-state index contributed by atoms with van der Waals surface area (Å²) in [5, 5.41) is 3.19. The van der Waals surface area contributed by atoms with Crippen molar-refractivity contribution in [2.24, 2.45) is 5.92 Å². The fourth-order valence-electron chi connectivity index (χ4n) is 3.55. The monoisotopic (exact) mass is 337 g/mol. The standard InChI is InChI=1S/C20H23N3O2/c1-13-4-6-14(7-5-13)16-11-23(20(25)17-3-2-10-21-17)12-18(16)22-19(24)15-8-9-15/h2-7,10,15-16,18,21H,8-9,11-12H2,1H3,(H,22,24). The number of nitrogens with zero attached hydrogens (tertiary/aromatic N) is 1. The molecule has 1 saturated heterocycles. The average Bonchev–Trinajstić information content (AvgIpc) is 3.16. The van der Waals surface area contributed by atoms with Gasteiger partial charge in [0.15, 0.2) is 0 Å². The molecule has 2 aliphatic rings. The maximum absolute atomic E-state index is 12.7. The second-order valence-electron chi connectivity index (χ2n) is 7.20. The third-order valence-corrected chi connectivity index (χ3v) is 5.22. The number of likely N-dealkylation sites (tertiary alicyclic amines) is 1. The number of aromatic nitrogens is 1.